The Kier molecular flexibility index (Phi) is 4.48. The van der Waals surface area contributed by atoms with E-state index in [1.807, 2.05) is 41.1 Å². The Bertz CT molecular complexity index is 946. The van der Waals surface area contributed by atoms with Crippen LogP contribution in [0.15, 0.2) is 48.5 Å². The summed E-state index contributed by atoms with van der Waals surface area (Å²) in [4.78, 5) is 24.1. The fraction of sp³-hybridized carbons (Fsp3) is 0.300. The first-order chi connectivity index (χ1) is 12.7. The van der Waals surface area contributed by atoms with E-state index in [1.165, 1.54) is 0 Å². The van der Waals surface area contributed by atoms with Crippen LogP contribution in [-0.2, 0) is 16.1 Å². The van der Waals surface area contributed by atoms with Crippen LogP contribution in [0.1, 0.15) is 41.6 Å². The van der Waals surface area contributed by atoms with Crippen molar-refractivity contribution in [3.8, 4) is 0 Å². The number of rotatable bonds is 4. The summed E-state index contributed by atoms with van der Waals surface area (Å²) in [7, 11) is 0. The monoisotopic (exact) mass is 349 g/mol. The number of esters is 1. The van der Waals surface area contributed by atoms with Gasteiger partial charge >= 0.3 is 5.97 Å². The number of hydrogen-bond donors (Lipinski definition) is 0. The Morgan fingerprint density at radius 3 is 2.73 bits per heavy atom. The van der Waals surface area contributed by atoms with Crippen molar-refractivity contribution < 1.29 is 14.3 Å². The minimum Gasteiger partial charge on any atom is -0.451 e. The molecule has 0 bridgehead atoms. The number of fused-ring (bicyclic) bond motifs is 1. The lowest BCUT2D eigenvalue weighted by atomic mass is 9.96. The first-order valence-corrected chi connectivity index (χ1v) is 8.81. The Morgan fingerprint density at radius 1 is 1.12 bits per heavy atom. The van der Waals surface area contributed by atoms with Gasteiger partial charge in [0.25, 0.3) is 0 Å². The van der Waals surface area contributed by atoms with Crippen LogP contribution in [0.25, 0.3) is 11.0 Å². The van der Waals surface area contributed by atoms with Crippen LogP contribution in [0.3, 0.4) is 0 Å². The Morgan fingerprint density at radius 2 is 1.92 bits per heavy atom. The molecule has 1 aromatic heterocycles. The molecule has 3 aromatic rings. The SMILES string of the molecule is O=C(O[C@@H]1CCCCC1=O)c1ccc(Cn2nnc3ccccc32)cc1. The molecule has 6 nitrogen and oxygen atoms in total. The number of para-hydroxylation sites is 1. The van der Waals surface area contributed by atoms with Gasteiger partial charge in [-0.2, -0.15) is 0 Å². The van der Waals surface area contributed by atoms with Crippen LogP contribution in [0, 0.1) is 0 Å². The van der Waals surface area contributed by atoms with E-state index in [0.717, 1.165) is 29.4 Å². The maximum Gasteiger partial charge on any atom is 0.338 e. The van der Waals surface area contributed by atoms with Gasteiger partial charge in [-0.15, -0.1) is 5.10 Å². The van der Waals surface area contributed by atoms with Gasteiger partial charge in [0, 0.05) is 6.42 Å². The Hall–Kier alpha value is -3.02. The number of benzene rings is 2. The van der Waals surface area contributed by atoms with Crippen molar-refractivity contribution in [2.45, 2.75) is 38.3 Å². The van der Waals surface area contributed by atoms with Crippen LogP contribution in [-0.4, -0.2) is 32.9 Å². The van der Waals surface area contributed by atoms with Crippen molar-refractivity contribution in [1.29, 1.82) is 0 Å². The molecule has 1 aliphatic carbocycles. The third-order valence-electron chi connectivity index (χ3n) is 4.69. The fourth-order valence-electron chi connectivity index (χ4n) is 3.23. The van der Waals surface area contributed by atoms with Gasteiger partial charge < -0.3 is 4.74 Å². The molecule has 132 valence electrons. The number of ketones is 1. The fourth-order valence-corrected chi connectivity index (χ4v) is 3.23. The van der Waals surface area contributed by atoms with Gasteiger partial charge in [0.2, 0.25) is 0 Å². The predicted octanol–water partition coefficient (Wildman–Crippen LogP) is 3.15. The zero-order chi connectivity index (χ0) is 17.9. The number of hydrogen-bond acceptors (Lipinski definition) is 5. The van der Waals surface area contributed by atoms with Gasteiger partial charge in [-0.3, -0.25) is 4.79 Å². The molecule has 0 spiro atoms. The van der Waals surface area contributed by atoms with Crippen LogP contribution in [0.4, 0.5) is 0 Å². The van der Waals surface area contributed by atoms with Crippen molar-refractivity contribution in [3.05, 3.63) is 59.7 Å². The molecule has 0 N–H and O–H groups in total. The molecule has 1 fully saturated rings. The van der Waals surface area contributed by atoms with E-state index in [0.29, 0.717) is 24.9 Å². The standard InChI is InChI=1S/C20H19N3O3/c24-18-7-3-4-8-19(18)26-20(25)15-11-9-14(10-12-15)13-23-17-6-2-1-5-16(17)21-22-23/h1-2,5-6,9-12,19H,3-4,7-8,13H2/t19-/m1/s1. The molecule has 0 unspecified atom stereocenters. The highest BCUT2D eigenvalue weighted by atomic mass is 16.5. The number of Topliss-reactive ketones (excluding diaryl/α,β-unsaturated/α-hetero) is 1. The van der Waals surface area contributed by atoms with E-state index < -0.39 is 12.1 Å². The van der Waals surface area contributed by atoms with E-state index in [2.05, 4.69) is 10.3 Å². The van der Waals surface area contributed by atoms with Crippen LogP contribution in [0.2, 0.25) is 0 Å². The molecule has 0 amide bonds. The summed E-state index contributed by atoms with van der Waals surface area (Å²) >= 11 is 0. The van der Waals surface area contributed by atoms with E-state index >= 15 is 0 Å². The summed E-state index contributed by atoms with van der Waals surface area (Å²) in [5.41, 5.74) is 3.28. The largest absolute Gasteiger partial charge is 0.451 e. The van der Waals surface area contributed by atoms with Crippen molar-refractivity contribution >= 4 is 22.8 Å². The van der Waals surface area contributed by atoms with Crippen molar-refractivity contribution in [3.63, 3.8) is 0 Å². The molecular formula is C20H19N3O3. The molecule has 0 saturated heterocycles. The third kappa shape index (κ3) is 3.35. The van der Waals surface area contributed by atoms with Gasteiger partial charge in [-0.25, -0.2) is 9.48 Å². The second-order valence-electron chi connectivity index (χ2n) is 6.54. The highest BCUT2D eigenvalue weighted by molar-refractivity contribution is 5.93. The lowest BCUT2D eigenvalue weighted by molar-refractivity contribution is -0.129. The minimum atomic E-state index is -0.586. The number of carbonyl (C=O) groups is 2. The lowest BCUT2D eigenvalue weighted by Crippen LogP contribution is -2.30. The Labute approximate surface area is 150 Å². The van der Waals surface area contributed by atoms with E-state index in [9.17, 15) is 9.59 Å². The molecule has 6 heteroatoms. The average Bonchev–Trinajstić information content (AvgIpc) is 3.07. The van der Waals surface area contributed by atoms with E-state index in [4.69, 9.17) is 4.74 Å². The second-order valence-corrected chi connectivity index (χ2v) is 6.54. The third-order valence-corrected chi connectivity index (χ3v) is 4.69. The maximum absolute atomic E-state index is 12.3. The first-order valence-electron chi connectivity index (χ1n) is 8.81. The van der Waals surface area contributed by atoms with Crippen molar-refractivity contribution in [2.75, 3.05) is 0 Å². The molecule has 2 aromatic carbocycles. The quantitative estimate of drug-likeness (QED) is 0.677. The van der Waals surface area contributed by atoms with Gasteiger partial charge in [0.1, 0.15) is 5.52 Å². The summed E-state index contributed by atoms with van der Waals surface area (Å²) in [6.07, 6.45) is 2.36. The topological polar surface area (TPSA) is 74.1 Å². The lowest BCUT2D eigenvalue weighted by Gasteiger charge is -2.20. The number of aromatic nitrogens is 3. The number of carbonyl (C=O) groups excluding carboxylic acids is 2. The van der Waals surface area contributed by atoms with Gasteiger partial charge in [-0.1, -0.05) is 29.5 Å². The normalized spacial score (nSPS) is 17.4. The molecule has 4 rings (SSSR count). The first kappa shape index (κ1) is 16.4. The second kappa shape index (κ2) is 7.07. The zero-order valence-corrected chi connectivity index (χ0v) is 14.3. The van der Waals surface area contributed by atoms with Gasteiger partial charge in [0.15, 0.2) is 11.9 Å². The predicted molar refractivity (Wildman–Crippen MR) is 95.8 cm³/mol. The van der Waals surface area contributed by atoms with Gasteiger partial charge in [-0.05, 0) is 49.1 Å². The summed E-state index contributed by atoms with van der Waals surface area (Å²) in [6.45, 7) is 0.566. The van der Waals surface area contributed by atoms with E-state index in [-0.39, 0.29) is 5.78 Å². The minimum absolute atomic E-state index is 0.0271. The smallest absolute Gasteiger partial charge is 0.338 e. The molecular weight excluding hydrogens is 330 g/mol. The number of nitrogens with zero attached hydrogens (tertiary/aromatic N) is 3. The summed E-state index contributed by atoms with van der Waals surface area (Å²) in [6, 6.07) is 15.0. The van der Waals surface area contributed by atoms with Gasteiger partial charge in [0.05, 0.1) is 17.6 Å². The highest BCUT2D eigenvalue weighted by Gasteiger charge is 2.26. The molecule has 0 aliphatic heterocycles. The van der Waals surface area contributed by atoms with Crippen LogP contribution >= 0.6 is 0 Å². The zero-order valence-electron chi connectivity index (χ0n) is 14.3. The molecule has 1 saturated carbocycles. The summed E-state index contributed by atoms with van der Waals surface area (Å²) < 4.78 is 7.20. The van der Waals surface area contributed by atoms with Crippen molar-refractivity contribution in [2.24, 2.45) is 0 Å². The number of ether oxygens (including phenoxy) is 1. The maximum atomic E-state index is 12.3. The molecule has 0 radical (unpaired) electrons. The van der Waals surface area contributed by atoms with Crippen LogP contribution < -0.4 is 0 Å². The van der Waals surface area contributed by atoms with E-state index in [1.54, 1.807) is 12.1 Å². The highest BCUT2D eigenvalue weighted by Crippen LogP contribution is 2.19. The molecule has 26 heavy (non-hydrogen) atoms. The summed E-state index contributed by atoms with van der Waals surface area (Å²) in [5.74, 6) is -0.415. The average molecular weight is 349 g/mol. The van der Waals surface area contributed by atoms with Crippen molar-refractivity contribution in [1.82, 2.24) is 15.0 Å². The van der Waals surface area contributed by atoms with Crippen LogP contribution in [0.5, 0.6) is 0 Å². The summed E-state index contributed by atoms with van der Waals surface area (Å²) in [5, 5.41) is 8.31. The Balaban J connectivity index is 1.44. The molecule has 1 atom stereocenters. The molecule has 1 aliphatic rings. The molecule has 1 heterocycles.